The molecule has 0 aliphatic carbocycles. The van der Waals surface area contributed by atoms with Crippen molar-refractivity contribution in [3.8, 4) is 33.4 Å². The highest BCUT2D eigenvalue weighted by Gasteiger charge is 2.07. The lowest BCUT2D eigenvalue weighted by Crippen LogP contribution is -1.96. The second kappa shape index (κ2) is 10.9. The fraction of sp³-hybridized carbons (Fsp3) is 0. The highest BCUT2D eigenvalue weighted by molar-refractivity contribution is 5.80. The molecule has 6 rings (SSSR count). The molecule has 0 amide bonds. The van der Waals surface area contributed by atoms with Gasteiger partial charge in [-0.3, -0.25) is 0 Å². The van der Waals surface area contributed by atoms with E-state index in [4.69, 9.17) is 0 Å². The molecular formula is C36H28N2. The predicted molar refractivity (Wildman–Crippen MR) is 162 cm³/mol. The van der Waals surface area contributed by atoms with E-state index in [2.05, 4.69) is 156 Å². The van der Waals surface area contributed by atoms with Gasteiger partial charge in [-0.2, -0.15) is 0 Å². The van der Waals surface area contributed by atoms with Crippen molar-refractivity contribution in [2.24, 2.45) is 0 Å². The molecule has 38 heavy (non-hydrogen) atoms. The molecule has 0 fully saturated rings. The topological polar surface area (TPSA) is 24.1 Å². The van der Waals surface area contributed by atoms with Gasteiger partial charge in [0.1, 0.15) is 0 Å². The summed E-state index contributed by atoms with van der Waals surface area (Å²) < 4.78 is 0. The van der Waals surface area contributed by atoms with Crippen LogP contribution in [0, 0.1) is 0 Å². The van der Waals surface area contributed by atoms with Gasteiger partial charge in [0, 0.05) is 22.7 Å². The van der Waals surface area contributed by atoms with E-state index in [1.54, 1.807) is 0 Å². The summed E-state index contributed by atoms with van der Waals surface area (Å²) >= 11 is 0. The maximum Gasteiger partial charge on any atom is 0.0411 e. The number of nitrogens with one attached hydrogen (secondary N) is 2. The first-order chi connectivity index (χ1) is 18.8. The monoisotopic (exact) mass is 488 g/mol. The Bertz CT molecular complexity index is 1540. The lowest BCUT2D eigenvalue weighted by molar-refractivity contribution is 1.50. The van der Waals surface area contributed by atoms with E-state index in [0.717, 1.165) is 28.3 Å². The van der Waals surface area contributed by atoms with Gasteiger partial charge in [-0.25, -0.2) is 0 Å². The molecule has 0 radical (unpaired) electrons. The Morgan fingerprint density at radius 1 is 0.237 bits per heavy atom. The number of rotatable bonds is 7. The Kier molecular flexibility index (Phi) is 6.69. The molecule has 0 bridgehead atoms. The van der Waals surface area contributed by atoms with E-state index in [9.17, 15) is 0 Å². The smallest absolute Gasteiger partial charge is 0.0411 e. The number of benzene rings is 6. The normalized spacial score (nSPS) is 10.6. The Labute approximate surface area is 224 Å². The number of hydrogen-bond acceptors (Lipinski definition) is 2. The highest BCUT2D eigenvalue weighted by atomic mass is 14.9. The van der Waals surface area contributed by atoms with Crippen molar-refractivity contribution in [2.75, 3.05) is 10.6 Å². The third-order valence-corrected chi connectivity index (χ3v) is 6.56. The first-order valence-corrected chi connectivity index (χ1v) is 12.9. The fourth-order valence-corrected chi connectivity index (χ4v) is 4.72. The molecule has 6 aromatic carbocycles. The van der Waals surface area contributed by atoms with E-state index in [1.807, 2.05) is 12.1 Å². The summed E-state index contributed by atoms with van der Waals surface area (Å²) in [5.74, 6) is 0. The van der Waals surface area contributed by atoms with E-state index in [-0.39, 0.29) is 0 Å². The SMILES string of the molecule is c1ccc(-c2cccc(Nc3cc(Nc4cccc(-c5ccccc5)c4)cc(-c4ccccc4)c3)c2)cc1. The van der Waals surface area contributed by atoms with E-state index in [0.29, 0.717) is 0 Å². The standard InChI is InChI=1S/C36H28N2/c1-4-12-27(13-5-1)30-18-10-20-33(22-30)37-35-24-32(29-16-8-3-9-17-29)25-36(26-35)38-34-21-11-19-31(23-34)28-14-6-2-7-15-28/h1-26,37-38H. The minimum absolute atomic E-state index is 1.03. The maximum atomic E-state index is 3.65. The molecule has 182 valence electrons. The van der Waals surface area contributed by atoms with Crippen LogP contribution >= 0.6 is 0 Å². The second-order valence-electron chi connectivity index (χ2n) is 9.31. The molecule has 0 heterocycles. The van der Waals surface area contributed by atoms with Crippen LogP contribution in [0.5, 0.6) is 0 Å². The third-order valence-electron chi connectivity index (χ3n) is 6.56. The van der Waals surface area contributed by atoms with Crippen LogP contribution in [0.15, 0.2) is 158 Å². The number of anilines is 4. The molecule has 6 aromatic rings. The maximum absolute atomic E-state index is 3.65. The van der Waals surface area contributed by atoms with Crippen LogP contribution in [0.3, 0.4) is 0 Å². The van der Waals surface area contributed by atoms with Gasteiger partial charge in [0.05, 0.1) is 0 Å². The average Bonchev–Trinajstić information content (AvgIpc) is 2.99. The summed E-state index contributed by atoms with van der Waals surface area (Å²) in [5, 5.41) is 7.30. The molecule has 2 nitrogen and oxygen atoms in total. The summed E-state index contributed by atoms with van der Waals surface area (Å²) in [6.45, 7) is 0. The average molecular weight is 489 g/mol. The van der Waals surface area contributed by atoms with Gasteiger partial charge in [0.2, 0.25) is 0 Å². The minimum atomic E-state index is 1.03. The van der Waals surface area contributed by atoms with Crippen molar-refractivity contribution in [2.45, 2.75) is 0 Å². The van der Waals surface area contributed by atoms with E-state index < -0.39 is 0 Å². The molecule has 0 aliphatic rings. The molecule has 0 saturated carbocycles. The van der Waals surface area contributed by atoms with Crippen molar-refractivity contribution < 1.29 is 0 Å². The molecule has 0 saturated heterocycles. The van der Waals surface area contributed by atoms with Gasteiger partial charge in [-0.05, 0) is 75.8 Å². The fourth-order valence-electron chi connectivity index (χ4n) is 4.72. The molecular weight excluding hydrogens is 460 g/mol. The van der Waals surface area contributed by atoms with Crippen molar-refractivity contribution in [1.29, 1.82) is 0 Å². The Balaban J connectivity index is 1.34. The zero-order valence-corrected chi connectivity index (χ0v) is 21.0. The number of hydrogen-bond donors (Lipinski definition) is 2. The van der Waals surface area contributed by atoms with Crippen LogP contribution in [0.4, 0.5) is 22.7 Å². The van der Waals surface area contributed by atoms with Gasteiger partial charge < -0.3 is 10.6 Å². The molecule has 2 N–H and O–H groups in total. The summed E-state index contributed by atoms with van der Waals surface area (Å²) in [7, 11) is 0. The van der Waals surface area contributed by atoms with Crippen LogP contribution < -0.4 is 10.6 Å². The quantitative estimate of drug-likeness (QED) is 0.233. The molecule has 0 atom stereocenters. The van der Waals surface area contributed by atoms with E-state index in [1.165, 1.54) is 27.8 Å². The van der Waals surface area contributed by atoms with Crippen LogP contribution in [0.1, 0.15) is 0 Å². The van der Waals surface area contributed by atoms with Crippen LogP contribution in [0.25, 0.3) is 33.4 Å². The first kappa shape index (κ1) is 23.3. The van der Waals surface area contributed by atoms with Crippen molar-refractivity contribution in [3.63, 3.8) is 0 Å². The van der Waals surface area contributed by atoms with Gasteiger partial charge >= 0.3 is 0 Å². The van der Waals surface area contributed by atoms with Crippen LogP contribution in [-0.2, 0) is 0 Å². The summed E-state index contributed by atoms with van der Waals surface area (Å²) in [6.07, 6.45) is 0. The van der Waals surface area contributed by atoms with Crippen molar-refractivity contribution >= 4 is 22.7 Å². The third kappa shape index (κ3) is 5.50. The Morgan fingerprint density at radius 2 is 0.579 bits per heavy atom. The largest absolute Gasteiger partial charge is 0.355 e. The molecule has 0 unspecified atom stereocenters. The summed E-state index contributed by atoms with van der Waals surface area (Å²) in [5.41, 5.74) is 11.3. The summed E-state index contributed by atoms with van der Waals surface area (Å²) in [6, 6.07) is 55.1. The predicted octanol–water partition coefficient (Wildman–Crippen LogP) is 10.2. The zero-order valence-electron chi connectivity index (χ0n) is 21.0. The highest BCUT2D eigenvalue weighted by Crippen LogP contribution is 2.32. The minimum Gasteiger partial charge on any atom is -0.355 e. The van der Waals surface area contributed by atoms with Gasteiger partial charge in [0.15, 0.2) is 0 Å². The summed E-state index contributed by atoms with van der Waals surface area (Å²) in [4.78, 5) is 0. The molecule has 0 aromatic heterocycles. The first-order valence-electron chi connectivity index (χ1n) is 12.9. The Morgan fingerprint density at radius 3 is 1.00 bits per heavy atom. The second-order valence-corrected chi connectivity index (χ2v) is 9.31. The van der Waals surface area contributed by atoms with E-state index >= 15 is 0 Å². The van der Waals surface area contributed by atoms with Crippen LogP contribution in [-0.4, -0.2) is 0 Å². The lowest BCUT2D eigenvalue weighted by atomic mass is 10.0. The lowest BCUT2D eigenvalue weighted by Gasteiger charge is -2.15. The molecule has 2 heteroatoms. The molecule has 0 spiro atoms. The van der Waals surface area contributed by atoms with Crippen LogP contribution in [0.2, 0.25) is 0 Å². The van der Waals surface area contributed by atoms with Crippen molar-refractivity contribution in [1.82, 2.24) is 0 Å². The van der Waals surface area contributed by atoms with Crippen molar-refractivity contribution in [3.05, 3.63) is 158 Å². The van der Waals surface area contributed by atoms with Gasteiger partial charge in [-0.1, -0.05) is 115 Å². The van der Waals surface area contributed by atoms with Gasteiger partial charge in [-0.15, -0.1) is 0 Å². The van der Waals surface area contributed by atoms with Gasteiger partial charge in [0.25, 0.3) is 0 Å². The Hall–Kier alpha value is -5.08. The zero-order chi connectivity index (χ0) is 25.6. The molecule has 0 aliphatic heterocycles.